The zero-order valence-corrected chi connectivity index (χ0v) is 10.2. The molecule has 0 amide bonds. The SMILES string of the molecule is B[SiH3].[BaH2].[BiH3]. The molecule has 0 bridgehead atoms. The summed E-state index contributed by atoms with van der Waals surface area (Å²) < 4.78 is 0. The summed E-state index contributed by atoms with van der Waals surface area (Å²) in [6, 6.07) is 0. The number of rotatable bonds is 0. The van der Waals surface area contributed by atoms with Crippen LogP contribution in [0.25, 0.3) is 0 Å². The van der Waals surface area contributed by atoms with Crippen molar-refractivity contribution >= 4 is 92.6 Å². The molecule has 0 radical (unpaired) electrons. The first-order valence-electron chi connectivity index (χ1n) is 1.00. The fourth-order valence-corrected chi connectivity index (χ4v) is 0. The summed E-state index contributed by atoms with van der Waals surface area (Å²) in [4.78, 5) is 0. The van der Waals surface area contributed by atoms with Crippen LogP contribution in [0, 0.1) is 0 Å². The molecular weight excluding hydrogens is 385 g/mol. The molecule has 0 aromatic rings. The fraction of sp³-hybridized carbons (Fsp3) is 0. The predicted octanol–water partition coefficient (Wildman–Crippen LogP) is -4.20. The Bertz CT molecular complexity index is 8.00. The molecule has 0 nitrogen and oxygen atoms in total. The summed E-state index contributed by atoms with van der Waals surface area (Å²) in [7, 11) is 3.44. The van der Waals surface area contributed by atoms with Crippen LogP contribution >= 0.6 is 0 Å². The first kappa shape index (κ1) is 15.9. The van der Waals surface area contributed by atoms with Gasteiger partial charge in [0, 0.05) is 0 Å². The van der Waals surface area contributed by atoms with Gasteiger partial charge in [-0.3, -0.25) is 0 Å². The van der Waals surface area contributed by atoms with Crippen LogP contribution in [-0.4, -0.2) is 92.6 Å². The van der Waals surface area contributed by atoms with E-state index in [1.54, 1.807) is 0 Å². The van der Waals surface area contributed by atoms with Crippen molar-refractivity contribution in [1.82, 2.24) is 0 Å². The fourth-order valence-electron chi connectivity index (χ4n) is 0. The van der Waals surface area contributed by atoms with E-state index in [9.17, 15) is 0 Å². The molecule has 0 saturated heterocycles. The van der Waals surface area contributed by atoms with Crippen molar-refractivity contribution in [1.29, 1.82) is 0 Å². The van der Waals surface area contributed by atoms with Gasteiger partial charge in [0.1, 0.15) is 0 Å². The van der Waals surface area contributed by atoms with Crippen molar-refractivity contribution in [2.24, 2.45) is 0 Å². The van der Waals surface area contributed by atoms with Crippen LogP contribution in [0.1, 0.15) is 0 Å². The van der Waals surface area contributed by atoms with Crippen molar-refractivity contribution in [3.8, 4) is 0 Å². The molecule has 0 unspecified atom stereocenters. The van der Waals surface area contributed by atoms with E-state index in [-0.39, 0.29) is 75.1 Å². The Balaban J connectivity index is -0.00000000500. The zero-order valence-electron chi connectivity index (χ0n) is 2.71. The molecule has 0 N–H and O–H groups in total. The van der Waals surface area contributed by atoms with Gasteiger partial charge in [-0.25, -0.2) is 0 Å². The molecule has 0 fully saturated rings. The second kappa shape index (κ2) is 17.2. The predicted molar refractivity (Wildman–Crippen MR) is 37.0 cm³/mol. The molecule has 0 rings (SSSR count). The number of hydrogen-bond donors (Lipinski definition) is 0. The maximum atomic E-state index is 2.14. The zero-order chi connectivity index (χ0) is 2.00. The van der Waals surface area contributed by atoms with Crippen LogP contribution < -0.4 is 0 Å². The Hall–Kier alpha value is 2.74. The molecule has 0 atom stereocenters. The molecule has 0 aromatic carbocycles. The minimum atomic E-state index is 0. The van der Waals surface area contributed by atoms with Crippen LogP contribution in [-0.2, 0) is 0 Å². The van der Waals surface area contributed by atoms with Crippen LogP contribution in [0.5, 0.6) is 0 Å². The van der Waals surface area contributed by atoms with Crippen molar-refractivity contribution < 1.29 is 0 Å². The molecule has 0 aliphatic rings. The molecule has 0 spiro atoms. The minimum absolute atomic E-state index is 0. The second-order valence-electron chi connectivity index (χ2n) is 0. The van der Waals surface area contributed by atoms with Crippen molar-refractivity contribution in [2.45, 2.75) is 0 Å². The topological polar surface area (TPSA) is 0 Å². The summed E-state index contributed by atoms with van der Waals surface area (Å²) >= 11 is 0. The first-order chi connectivity index (χ1) is 1.00. The summed E-state index contributed by atoms with van der Waals surface area (Å²) in [5.41, 5.74) is 0. The third kappa shape index (κ3) is 8.83. The van der Waals surface area contributed by atoms with Crippen LogP contribution in [0.15, 0.2) is 0 Å². The molecule has 0 aliphatic heterocycles. The molecule has 24 valence electrons. The molecule has 0 aliphatic carbocycles. The van der Waals surface area contributed by atoms with E-state index in [2.05, 4.69) is 7.44 Å². The Labute approximate surface area is 90.5 Å². The van der Waals surface area contributed by atoms with Gasteiger partial charge in [0.05, 0.1) is 7.44 Å². The van der Waals surface area contributed by atoms with E-state index in [1.165, 1.54) is 10.1 Å². The van der Waals surface area contributed by atoms with Gasteiger partial charge in [0.2, 0.25) is 0 Å². The first-order valence-corrected chi connectivity index (χ1v) is 3.00. The molecule has 0 saturated carbocycles. The van der Waals surface area contributed by atoms with Gasteiger partial charge in [-0.05, 0) is 10.1 Å². The summed E-state index contributed by atoms with van der Waals surface area (Å²) in [6.45, 7) is 0. The van der Waals surface area contributed by atoms with Crippen LogP contribution in [0.2, 0.25) is 0 Å². The van der Waals surface area contributed by atoms with Crippen LogP contribution in [0.4, 0.5) is 0 Å². The van der Waals surface area contributed by atoms with E-state index in [0.717, 1.165) is 0 Å². The Morgan fingerprint density at radius 2 is 1.25 bits per heavy atom. The van der Waals surface area contributed by atoms with E-state index in [0.29, 0.717) is 0 Å². The van der Waals surface area contributed by atoms with Gasteiger partial charge in [-0.2, -0.15) is 0 Å². The average molecular weight is 395 g/mol. The van der Waals surface area contributed by atoms with Crippen molar-refractivity contribution in [2.75, 3.05) is 0 Å². The van der Waals surface area contributed by atoms with E-state index in [4.69, 9.17) is 0 Å². The van der Waals surface area contributed by atoms with E-state index in [1.807, 2.05) is 0 Å². The quantitative estimate of drug-likeness (QED) is 0.365. The summed E-state index contributed by atoms with van der Waals surface area (Å²) in [6.07, 6.45) is 0. The summed E-state index contributed by atoms with van der Waals surface area (Å²) in [5.74, 6) is 0. The maximum absolute atomic E-state index is 2.14. The van der Waals surface area contributed by atoms with E-state index < -0.39 is 0 Å². The monoisotopic (exact) mass is 396 g/mol. The van der Waals surface area contributed by atoms with Crippen molar-refractivity contribution in [3.63, 3.8) is 0 Å². The van der Waals surface area contributed by atoms with Gasteiger partial charge in [0.25, 0.3) is 0 Å². The normalized spacial score (nSPS) is 2.00. The molecule has 0 aromatic heterocycles. The third-order valence-corrected chi connectivity index (χ3v) is 0. The molecular formula is H10BBaBiSi. The van der Waals surface area contributed by atoms with Gasteiger partial charge >= 0.3 is 75.1 Å². The van der Waals surface area contributed by atoms with Gasteiger partial charge in [0.15, 0.2) is 0 Å². The average Bonchev–Trinajstić information content (AvgIpc) is 1.00. The summed E-state index contributed by atoms with van der Waals surface area (Å²) in [5, 5.41) is 0. The van der Waals surface area contributed by atoms with Crippen LogP contribution in [0.3, 0.4) is 0 Å². The van der Waals surface area contributed by atoms with Gasteiger partial charge < -0.3 is 0 Å². The molecule has 4 heteroatoms. The van der Waals surface area contributed by atoms with Gasteiger partial charge in [-0.1, -0.05) is 0 Å². The van der Waals surface area contributed by atoms with E-state index >= 15 is 0 Å². The number of hydrogen-bond acceptors (Lipinski definition) is 0. The van der Waals surface area contributed by atoms with Crippen molar-refractivity contribution in [3.05, 3.63) is 0 Å². The molecule has 4 heavy (non-hydrogen) atoms. The Morgan fingerprint density at radius 1 is 1.25 bits per heavy atom. The standard InChI is InChI=1S/BH5Si.Ba.Bi.5H/c1-2;;;;;;;/h1H2,2H3;;;;;;;. The second-order valence-corrected chi connectivity index (χ2v) is 0. The van der Waals surface area contributed by atoms with Gasteiger partial charge in [-0.15, -0.1) is 0 Å². The molecule has 0 heterocycles. The Kier molecular flexibility index (Phi) is 68.2. The Morgan fingerprint density at radius 3 is 1.25 bits per heavy atom. The third-order valence-electron chi connectivity index (χ3n) is 0.